The smallest absolute Gasteiger partial charge is 0.326 e. The number of para-hydroxylation sites is 1. The van der Waals surface area contributed by atoms with Crippen LogP contribution in [0.1, 0.15) is 17.3 Å². The van der Waals surface area contributed by atoms with Crippen LogP contribution < -0.4 is 4.90 Å². The molecule has 7 heteroatoms. The predicted octanol–water partition coefficient (Wildman–Crippen LogP) is 3.28. The summed E-state index contributed by atoms with van der Waals surface area (Å²) >= 11 is 5.78. The van der Waals surface area contributed by atoms with Crippen molar-refractivity contribution < 1.29 is 23.1 Å². The summed E-state index contributed by atoms with van der Waals surface area (Å²) < 4.78 is 23.7. The second-order valence-electron chi connectivity index (χ2n) is 4.26. The maximum atomic E-state index is 14.0. The Balaban J connectivity index is 2.38. The molecule has 0 bridgehead atoms. The van der Waals surface area contributed by atoms with E-state index in [-0.39, 0.29) is 23.1 Å². The van der Waals surface area contributed by atoms with E-state index in [0.717, 1.165) is 4.90 Å². The minimum absolute atomic E-state index is 0.0363. The third-order valence-corrected chi connectivity index (χ3v) is 3.12. The van der Waals surface area contributed by atoms with Gasteiger partial charge in [0.1, 0.15) is 12.4 Å². The summed E-state index contributed by atoms with van der Waals surface area (Å²) in [6, 6.07) is 6.97. The number of furan rings is 1. The van der Waals surface area contributed by atoms with Gasteiger partial charge in [-0.05, 0) is 36.7 Å². The third kappa shape index (κ3) is 3.46. The molecule has 2 rings (SSSR count). The Hall–Kier alpha value is -2.34. The summed E-state index contributed by atoms with van der Waals surface area (Å²) in [5.41, 5.74) is -0.00737. The molecule has 0 spiro atoms. The molecule has 1 amide bonds. The fourth-order valence-electron chi connectivity index (χ4n) is 1.86. The first kappa shape index (κ1) is 16.0. The van der Waals surface area contributed by atoms with Gasteiger partial charge in [-0.25, -0.2) is 4.39 Å². The second kappa shape index (κ2) is 7.09. The largest absolute Gasteiger partial charge is 0.465 e. The van der Waals surface area contributed by atoms with E-state index in [9.17, 15) is 14.0 Å². The van der Waals surface area contributed by atoms with Crippen molar-refractivity contribution in [3.05, 3.63) is 53.2 Å². The summed E-state index contributed by atoms with van der Waals surface area (Å²) in [4.78, 5) is 25.2. The van der Waals surface area contributed by atoms with Crippen molar-refractivity contribution in [2.45, 2.75) is 6.92 Å². The molecule has 0 saturated heterocycles. The minimum Gasteiger partial charge on any atom is -0.465 e. The Morgan fingerprint density at radius 1 is 1.32 bits per heavy atom. The van der Waals surface area contributed by atoms with Crippen LogP contribution in [0.5, 0.6) is 0 Å². The van der Waals surface area contributed by atoms with Crippen LogP contribution in [0, 0.1) is 5.82 Å². The lowest BCUT2D eigenvalue weighted by Crippen LogP contribution is -2.37. The summed E-state index contributed by atoms with van der Waals surface area (Å²) in [7, 11) is 0. The van der Waals surface area contributed by atoms with Crippen LogP contribution in [-0.4, -0.2) is 25.0 Å². The number of amides is 1. The maximum absolute atomic E-state index is 14.0. The average molecular weight is 326 g/mol. The van der Waals surface area contributed by atoms with E-state index in [0.29, 0.717) is 0 Å². The Labute approximate surface area is 131 Å². The fraction of sp³-hybridized carbons (Fsp3) is 0.200. The highest BCUT2D eigenvalue weighted by Crippen LogP contribution is 2.24. The lowest BCUT2D eigenvalue weighted by molar-refractivity contribution is -0.141. The number of ether oxygens (including phenoxy) is 1. The molecule has 116 valence electrons. The van der Waals surface area contributed by atoms with Gasteiger partial charge in [-0.3, -0.25) is 14.5 Å². The van der Waals surface area contributed by atoms with Crippen molar-refractivity contribution in [3.63, 3.8) is 0 Å². The monoisotopic (exact) mass is 325 g/mol. The Morgan fingerprint density at radius 2 is 2.05 bits per heavy atom. The second-order valence-corrected chi connectivity index (χ2v) is 4.60. The molecule has 1 heterocycles. The van der Waals surface area contributed by atoms with Gasteiger partial charge in [0.2, 0.25) is 5.22 Å². The van der Waals surface area contributed by atoms with Crippen LogP contribution in [-0.2, 0) is 9.53 Å². The molecule has 2 aromatic rings. The predicted molar refractivity (Wildman–Crippen MR) is 78.4 cm³/mol. The van der Waals surface area contributed by atoms with E-state index in [4.69, 9.17) is 20.8 Å². The van der Waals surface area contributed by atoms with Gasteiger partial charge in [-0.15, -0.1) is 0 Å². The SMILES string of the molecule is CCOC(=O)CN(C(=O)c1ccoc1Cl)c1ccccc1F. The number of esters is 1. The molecule has 1 aromatic heterocycles. The van der Waals surface area contributed by atoms with Gasteiger partial charge in [-0.1, -0.05) is 12.1 Å². The van der Waals surface area contributed by atoms with Crippen LogP contribution in [0.15, 0.2) is 41.0 Å². The van der Waals surface area contributed by atoms with Crippen molar-refractivity contribution in [2.75, 3.05) is 18.1 Å². The summed E-state index contributed by atoms with van der Waals surface area (Å²) in [6.07, 6.45) is 1.24. The molecule has 0 unspecified atom stereocenters. The Bertz CT molecular complexity index is 686. The molecule has 0 aliphatic heterocycles. The lowest BCUT2D eigenvalue weighted by Gasteiger charge is -2.21. The van der Waals surface area contributed by atoms with E-state index in [1.807, 2.05) is 0 Å². The number of carbonyl (C=O) groups excluding carboxylic acids is 2. The molecule has 0 atom stereocenters. The topological polar surface area (TPSA) is 59.8 Å². The summed E-state index contributed by atoms with van der Waals surface area (Å²) in [5, 5.41) is -0.129. The number of anilines is 1. The third-order valence-electron chi connectivity index (χ3n) is 2.83. The van der Waals surface area contributed by atoms with E-state index < -0.39 is 24.2 Å². The van der Waals surface area contributed by atoms with Crippen LogP contribution in [0.25, 0.3) is 0 Å². The van der Waals surface area contributed by atoms with Crippen molar-refractivity contribution in [1.29, 1.82) is 0 Å². The average Bonchev–Trinajstić information content (AvgIpc) is 2.91. The number of carbonyl (C=O) groups is 2. The zero-order valence-electron chi connectivity index (χ0n) is 11.7. The first-order valence-corrected chi connectivity index (χ1v) is 6.87. The van der Waals surface area contributed by atoms with Crippen LogP contribution in [0.3, 0.4) is 0 Å². The van der Waals surface area contributed by atoms with Gasteiger partial charge in [0.05, 0.1) is 24.1 Å². The minimum atomic E-state index is -0.656. The molecule has 0 aliphatic rings. The van der Waals surface area contributed by atoms with E-state index in [2.05, 4.69) is 0 Å². The Morgan fingerprint density at radius 3 is 2.64 bits per heavy atom. The highest BCUT2D eigenvalue weighted by Gasteiger charge is 2.26. The van der Waals surface area contributed by atoms with Crippen molar-refractivity contribution in [2.24, 2.45) is 0 Å². The molecular formula is C15H13ClFNO4. The van der Waals surface area contributed by atoms with Gasteiger partial charge in [0, 0.05) is 0 Å². The van der Waals surface area contributed by atoms with E-state index in [1.54, 1.807) is 13.0 Å². The van der Waals surface area contributed by atoms with Crippen molar-refractivity contribution in [1.82, 2.24) is 0 Å². The van der Waals surface area contributed by atoms with Gasteiger partial charge >= 0.3 is 5.97 Å². The standard InChI is InChI=1S/C15H13ClFNO4/c1-2-21-13(19)9-18(12-6-4-3-5-11(12)17)15(20)10-7-8-22-14(10)16/h3-8H,2,9H2,1H3. The fourth-order valence-corrected chi connectivity index (χ4v) is 2.06. The van der Waals surface area contributed by atoms with Crippen molar-refractivity contribution >= 4 is 29.2 Å². The molecule has 0 aliphatic carbocycles. The number of nitrogens with zero attached hydrogens (tertiary/aromatic N) is 1. The number of benzene rings is 1. The molecule has 0 radical (unpaired) electrons. The number of hydrogen-bond donors (Lipinski definition) is 0. The van der Waals surface area contributed by atoms with Gasteiger partial charge in [-0.2, -0.15) is 0 Å². The molecule has 5 nitrogen and oxygen atoms in total. The van der Waals surface area contributed by atoms with Gasteiger partial charge in [0.25, 0.3) is 5.91 Å². The molecule has 0 N–H and O–H groups in total. The zero-order chi connectivity index (χ0) is 16.1. The summed E-state index contributed by atoms with van der Waals surface area (Å²) in [6.45, 7) is 1.36. The highest BCUT2D eigenvalue weighted by molar-refractivity contribution is 6.33. The van der Waals surface area contributed by atoms with Crippen LogP contribution >= 0.6 is 11.6 Å². The first-order chi connectivity index (χ1) is 10.5. The quantitative estimate of drug-likeness (QED) is 0.791. The zero-order valence-corrected chi connectivity index (χ0v) is 12.5. The van der Waals surface area contributed by atoms with E-state index >= 15 is 0 Å². The molecule has 0 fully saturated rings. The molecular weight excluding hydrogens is 313 g/mol. The van der Waals surface area contributed by atoms with E-state index in [1.165, 1.54) is 30.5 Å². The normalized spacial score (nSPS) is 10.3. The summed E-state index contributed by atoms with van der Waals surface area (Å²) in [5.74, 6) is -1.95. The highest BCUT2D eigenvalue weighted by atomic mass is 35.5. The van der Waals surface area contributed by atoms with Crippen LogP contribution in [0.2, 0.25) is 5.22 Å². The lowest BCUT2D eigenvalue weighted by atomic mass is 10.2. The molecule has 0 saturated carbocycles. The maximum Gasteiger partial charge on any atom is 0.326 e. The molecule has 1 aromatic carbocycles. The molecule has 22 heavy (non-hydrogen) atoms. The van der Waals surface area contributed by atoms with Crippen LogP contribution in [0.4, 0.5) is 10.1 Å². The van der Waals surface area contributed by atoms with Gasteiger partial charge in [0.15, 0.2) is 0 Å². The van der Waals surface area contributed by atoms with Crippen molar-refractivity contribution in [3.8, 4) is 0 Å². The number of rotatable bonds is 5. The first-order valence-electron chi connectivity index (χ1n) is 6.49. The number of hydrogen-bond acceptors (Lipinski definition) is 4. The Kier molecular flexibility index (Phi) is 5.16. The van der Waals surface area contributed by atoms with Gasteiger partial charge < -0.3 is 9.15 Å². The number of halogens is 2.